The molecule has 0 radical (unpaired) electrons. The summed E-state index contributed by atoms with van der Waals surface area (Å²) in [6, 6.07) is 0. The van der Waals surface area contributed by atoms with Gasteiger partial charge in [-0.25, -0.2) is 0 Å². The first kappa shape index (κ1) is 9.47. The van der Waals surface area contributed by atoms with E-state index in [2.05, 4.69) is 12.2 Å². The third-order valence-corrected chi connectivity index (χ3v) is 3.83. The molecule has 0 aromatic rings. The maximum atomic E-state index is 6.12. The zero-order chi connectivity index (χ0) is 9.31. The van der Waals surface area contributed by atoms with Crippen LogP contribution in [-0.4, -0.2) is 18.6 Å². The summed E-state index contributed by atoms with van der Waals surface area (Å²) in [5, 5.41) is 3.52. The molecule has 2 heteroatoms. The molecule has 0 bridgehead atoms. The number of nitrogens with one attached hydrogen (secondary N) is 1. The highest BCUT2D eigenvalue weighted by Crippen LogP contribution is 2.37. The van der Waals surface area contributed by atoms with E-state index in [-0.39, 0.29) is 5.54 Å². The van der Waals surface area contributed by atoms with Gasteiger partial charge in [-0.2, -0.15) is 0 Å². The van der Waals surface area contributed by atoms with Crippen LogP contribution in [0.4, 0.5) is 0 Å². The highest BCUT2D eigenvalue weighted by molar-refractivity contribution is 4.93. The Morgan fingerprint density at radius 3 is 2.62 bits per heavy atom. The minimum atomic E-state index is 0.210. The van der Waals surface area contributed by atoms with E-state index in [1.807, 2.05) is 0 Å². The van der Waals surface area contributed by atoms with E-state index in [1.54, 1.807) is 0 Å². The van der Waals surface area contributed by atoms with Gasteiger partial charge in [-0.1, -0.05) is 6.92 Å². The molecule has 0 aliphatic heterocycles. The van der Waals surface area contributed by atoms with Crippen LogP contribution in [0.1, 0.15) is 39.0 Å². The lowest BCUT2D eigenvalue weighted by Gasteiger charge is -2.38. The van der Waals surface area contributed by atoms with Crippen molar-refractivity contribution < 1.29 is 0 Å². The Morgan fingerprint density at radius 1 is 1.46 bits per heavy atom. The van der Waals surface area contributed by atoms with Crippen LogP contribution in [0.5, 0.6) is 0 Å². The Labute approximate surface area is 81.3 Å². The summed E-state index contributed by atoms with van der Waals surface area (Å²) in [5.74, 6) is 1.94. The van der Waals surface area contributed by atoms with Crippen molar-refractivity contribution >= 4 is 0 Å². The number of nitrogens with two attached hydrogens (primary N) is 1. The molecule has 0 saturated heterocycles. The van der Waals surface area contributed by atoms with Crippen molar-refractivity contribution in [3.05, 3.63) is 0 Å². The van der Waals surface area contributed by atoms with E-state index in [0.717, 1.165) is 18.4 Å². The SMILES string of the molecule is CC1CC1CNCCC1(N)CCC1. The molecule has 0 spiro atoms. The molecule has 2 saturated carbocycles. The van der Waals surface area contributed by atoms with Crippen molar-refractivity contribution in [2.24, 2.45) is 17.6 Å². The number of hydrogen-bond donors (Lipinski definition) is 2. The van der Waals surface area contributed by atoms with Crippen LogP contribution < -0.4 is 11.1 Å². The lowest BCUT2D eigenvalue weighted by molar-refractivity contribution is 0.229. The highest BCUT2D eigenvalue weighted by Gasteiger charge is 2.33. The van der Waals surface area contributed by atoms with Gasteiger partial charge in [0, 0.05) is 5.54 Å². The zero-order valence-electron chi connectivity index (χ0n) is 8.68. The van der Waals surface area contributed by atoms with E-state index in [1.165, 1.54) is 38.6 Å². The predicted octanol–water partition coefficient (Wildman–Crippen LogP) is 1.50. The van der Waals surface area contributed by atoms with Gasteiger partial charge >= 0.3 is 0 Å². The quantitative estimate of drug-likeness (QED) is 0.632. The lowest BCUT2D eigenvalue weighted by Crippen LogP contribution is -2.48. The van der Waals surface area contributed by atoms with Gasteiger partial charge in [0.15, 0.2) is 0 Å². The summed E-state index contributed by atoms with van der Waals surface area (Å²) in [4.78, 5) is 0. The first-order valence-electron chi connectivity index (χ1n) is 5.69. The Morgan fingerprint density at radius 2 is 2.15 bits per heavy atom. The summed E-state index contributed by atoms with van der Waals surface area (Å²) >= 11 is 0. The molecule has 76 valence electrons. The van der Waals surface area contributed by atoms with Crippen LogP contribution in [0.2, 0.25) is 0 Å². The Bertz CT molecular complexity index is 175. The van der Waals surface area contributed by atoms with E-state index in [0.29, 0.717) is 0 Å². The maximum absolute atomic E-state index is 6.12. The molecule has 2 nitrogen and oxygen atoms in total. The second-order valence-electron chi connectivity index (χ2n) is 5.14. The van der Waals surface area contributed by atoms with Gasteiger partial charge in [0.1, 0.15) is 0 Å². The Balaban J connectivity index is 1.49. The maximum Gasteiger partial charge on any atom is 0.0166 e. The molecular weight excluding hydrogens is 160 g/mol. The van der Waals surface area contributed by atoms with E-state index in [4.69, 9.17) is 5.73 Å². The monoisotopic (exact) mass is 182 g/mol. The number of hydrogen-bond acceptors (Lipinski definition) is 2. The summed E-state index contributed by atoms with van der Waals surface area (Å²) in [5.41, 5.74) is 6.33. The zero-order valence-corrected chi connectivity index (χ0v) is 8.68. The molecule has 2 aliphatic carbocycles. The minimum absolute atomic E-state index is 0.210. The Kier molecular flexibility index (Phi) is 2.61. The number of rotatable bonds is 5. The van der Waals surface area contributed by atoms with Crippen molar-refractivity contribution in [2.45, 2.75) is 44.6 Å². The van der Waals surface area contributed by atoms with Crippen LogP contribution >= 0.6 is 0 Å². The fourth-order valence-corrected chi connectivity index (χ4v) is 2.19. The fourth-order valence-electron chi connectivity index (χ4n) is 2.19. The smallest absolute Gasteiger partial charge is 0.0166 e. The van der Waals surface area contributed by atoms with Crippen molar-refractivity contribution in [1.82, 2.24) is 5.32 Å². The average molecular weight is 182 g/mol. The van der Waals surface area contributed by atoms with Gasteiger partial charge in [-0.15, -0.1) is 0 Å². The highest BCUT2D eigenvalue weighted by atomic mass is 14.9. The molecule has 2 aliphatic rings. The molecular formula is C11H22N2. The van der Waals surface area contributed by atoms with Gasteiger partial charge < -0.3 is 11.1 Å². The van der Waals surface area contributed by atoms with Crippen LogP contribution in [0, 0.1) is 11.8 Å². The molecule has 2 rings (SSSR count). The van der Waals surface area contributed by atoms with Crippen molar-refractivity contribution in [3.63, 3.8) is 0 Å². The van der Waals surface area contributed by atoms with Gasteiger partial charge in [0.25, 0.3) is 0 Å². The molecule has 3 N–H and O–H groups in total. The van der Waals surface area contributed by atoms with Crippen LogP contribution in [0.25, 0.3) is 0 Å². The Hall–Kier alpha value is -0.0800. The van der Waals surface area contributed by atoms with Gasteiger partial charge in [0.05, 0.1) is 0 Å². The van der Waals surface area contributed by atoms with E-state index in [9.17, 15) is 0 Å². The third-order valence-electron chi connectivity index (χ3n) is 3.83. The molecule has 2 atom stereocenters. The van der Waals surface area contributed by atoms with Gasteiger partial charge in [-0.05, 0) is 57.0 Å². The fraction of sp³-hybridized carbons (Fsp3) is 1.00. The normalized spacial score (nSPS) is 35.5. The van der Waals surface area contributed by atoms with Crippen LogP contribution in [-0.2, 0) is 0 Å². The third kappa shape index (κ3) is 2.44. The minimum Gasteiger partial charge on any atom is -0.325 e. The van der Waals surface area contributed by atoms with E-state index < -0.39 is 0 Å². The molecule has 0 heterocycles. The molecule has 13 heavy (non-hydrogen) atoms. The largest absolute Gasteiger partial charge is 0.325 e. The van der Waals surface area contributed by atoms with Gasteiger partial charge in [0.2, 0.25) is 0 Å². The van der Waals surface area contributed by atoms with Crippen LogP contribution in [0.15, 0.2) is 0 Å². The molecule has 0 aromatic carbocycles. The summed E-state index contributed by atoms with van der Waals surface area (Å²) in [6.07, 6.45) is 6.44. The first-order chi connectivity index (χ1) is 6.20. The van der Waals surface area contributed by atoms with Crippen molar-refractivity contribution in [3.8, 4) is 0 Å². The summed E-state index contributed by atoms with van der Waals surface area (Å²) in [7, 11) is 0. The van der Waals surface area contributed by atoms with Crippen LogP contribution in [0.3, 0.4) is 0 Å². The topological polar surface area (TPSA) is 38.0 Å². The first-order valence-corrected chi connectivity index (χ1v) is 5.69. The lowest BCUT2D eigenvalue weighted by atomic mass is 9.75. The average Bonchev–Trinajstić information content (AvgIpc) is 2.73. The molecule has 0 amide bonds. The van der Waals surface area contributed by atoms with Gasteiger partial charge in [-0.3, -0.25) is 0 Å². The molecule has 2 fully saturated rings. The second kappa shape index (κ2) is 3.58. The predicted molar refractivity (Wildman–Crippen MR) is 55.5 cm³/mol. The van der Waals surface area contributed by atoms with E-state index >= 15 is 0 Å². The second-order valence-corrected chi connectivity index (χ2v) is 5.14. The molecule has 0 aromatic heterocycles. The summed E-state index contributed by atoms with van der Waals surface area (Å²) in [6.45, 7) is 4.68. The summed E-state index contributed by atoms with van der Waals surface area (Å²) < 4.78 is 0. The van der Waals surface area contributed by atoms with Crippen molar-refractivity contribution in [1.29, 1.82) is 0 Å². The van der Waals surface area contributed by atoms with Crippen molar-refractivity contribution in [2.75, 3.05) is 13.1 Å². The standard InChI is InChI=1S/C11H22N2/c1-9-7-10(9)8-13-6-5-11(12)3-2-4-11/h9-10,13H,2-8,12H2,1H3. The molecule has 2 unspecified atom stereocenters.